The van der Waals surface area contributed by atoms with Crippen LogP contribution in [0.25, 0.3) is 0 Å². The van der Waals surface area contributed by atoms with E-state index in [1.54, 1.807) is 0 Å². The average molecular weight is 372 g/mol. The van der Waals surface area contributed by atoms with Gasteiger partial charge in [0, 0.05) is 22.3 Å². The van der Waals surface area contributed by atoms with Crippen molar-refractivity contribution in [1.82, 2.24) is 5.32 Å². The second kappa shape index (κ2) is 6.98. The van der Waals surface area contributed by atoms with Gasteiger partial charge in [0.2, 0.25) is 0 Å². The standard InChI is InChI=1S/C11H9BrF3NO3S/c12-8-4-6(3-7(5-8)10(18)19)9(17)16-1-2-20-11(13,14)15/h3-5H,1-2H2,(H,16,17)(H,18,19). The summed E-state index contributed by atoms with van der Waals surface area (Å²) in [5, 5.41) is 11.1. The number of hydrogen-bond acceptors (Lipinski definition) is 3. The Hall–Kier alpha value is -1.22. The maximum atomic E-state index is 11.9. The van der Waals surface area contributed by atoms with Gasteiger partial charge in [0.25, 0.3) is 5.91 Å². The third kappa shape index (κ3) is 5.83. The van der Waals surface area contributed by atoms with E-state index in [-0.39, 0.29) is 35.2 Å². The molecule has 1 amide bonds. The van der Waals surface area contributed by atoms with E-state index in [1.807, 2.05) is 0 Å². The van der Waals surface area contributed by atoms with Crippen LogP contribution < -0.4 is 5.32 Å². The molecule has 0 radical (unpaired) electrons. The molecular weight excluding hydrogens is 363 g/mol. The highest BCUT2D eigenvalue weighted by molar-refractivity contribution is 9.10. The van der Waals surface area contributed by atoms with Gasteiger partial charge in [0.05, 0.1) is 5.56 Å². The Kier molecular flexibility index (Phi) is 5.88. The van der Waals surface area contributed by atoms with Crippen LogP contribution in [0.4, 0.5) is 13.2 Å². The van der Waals surface area contributed by atoms with Crippen molar-refractivity contribution in [2.45, 2.75) is 5.51 Å². The van der Waals surface area contributed by atoms with Crippen molar-refractivity contribution >= 4 is 39.6 Å². The summed E-state index contributed by atoms with van der Waals surface area (Å²) in [6, 6.07) is 3.86. The summed E-state index contributed by atoms with van der Waals surface area (Å²) >= 11 is 2.83. The summed E-state index contributed by atoms with van der Waals surface area (Å²) in [5.41, 5.74) is -4.36. The molecule has 0 bridgehead atoms. The molecule has 0 spiro atoms. The molecule has 1 aromatic carbocycles. The Labute approximate surface area is 124 Å². The Morgan fingerprint density at radius 1 is 1.25 bits per heavy atom. The largest absolute Gasteiger partial charge is 0.478 e. The normalized spacial score (nSPS) is 11.2. The number of rotatable bonds is 5. The fourth-order valence-corrected chi connectivity index (χ4v) is 2.21. The number of thioether (sulfide) groups is 1. The molecule has 1 rings (SSSR count). The number of amides is 1. The Morgan fingerprint density at radius 3 is 2.40 bits per heavy atom. The lowest BCUT2D eigenvalue weighted by Gasteiger charge is -2.08. The Balaban J connectivity index is 2.62. The van der Waals surface area contributed by atoms with Crippen molar-refractivity contribution < 1.29 is 27.9 Å². The molecule has 20 heavy (non-hydrogen) atoms. The summed E-state index contributed by atoms with van der Waals surface area (Å²) in [7, 11) is 0. The van der Waals surface area contributed by atoms with Crippen LogP contribution in [0.2, 0.25) is 0 Å². The number of carbonyl (C=O) groups excluding carboxylic acids is 1. The van der Waals surface area contributed by atoms with Gasteiger partial charge >= 0.3 is 11.5 Å². The van der Waals surface area contributed by atoms with E-state index in [4.69, 9.17) is 5.11 Å². The first kappa shape index (κ1) is 16.8. The van der Waals surface area contributed by atoms with Crippen LogP contribution in [0.5, 0.6) is 0 Å². The van der Waals surface area contributed by atoms with Crippen molar-refractivity contribution in [1.29, 1.82) is 0 Å². The van der Waals surface area contributed by atoms with E-state index in [0.29, 0.717) is 4.47 Å². The topological polar surface area (TPSA) is 66.4 Å². The fourth-order valence-electron chi connectivity index (χ4n) is 1.28. The minimum atomic E-state index is -4.34. The molecule has 4 nitrogen and oxygen atoms in total. The van der Waals surface area contributed by atoms with Crippen molar-refractivity contribution in [3.63, 3.8) is 0 Å². The quantitative estimate of drug-likeness (QED) is 0.780. The number of benzene rings is 1. The zero-order valence-electron chi connectivity index (χ0n) is 9.83. The highest BCUT2D eigenvalue weighted by Gasteiger charge is 2.27. The van der Waals surface area contributed by atoms with Gasteiger partial charge in [0.1, 0.15) is 0 Å². The first-order chi connectivity index (χ1) is 9.19. The van der Waals surface area contributed by atoms with Crippen LogP contribution in [-0.2, 0) is 0 Å². The molecule has 0 unspecified atom stereocenters. The first-order valence-corrected chi connectivity index (χ1v) is 6.99. The first-order valence-electron chi connectivity index (χ1n) is 5.22. The Morgan fingerprint density at radius 2 is 1.85 bits per heavy atom. The summed E-state index contributed by atoms with van der Waals surface area (Å²) < 4.78 is 36.0. The highest BCUT2D eigenvalue weighted by Crippen LogP contribution is 2.29. The molecule has 110 valence electrons. The molecule has 2 N–H and O–H groups in total. The van der Waals surface area contributed by atoms with Crippen molar-refractivity contribution in [3.05, 3.63) is 33.8 Å². The van der Waals surface area contributed by atoms with E-state index in [2.05, 4.69) is 21.2 Å². The lowest BCUT2D eigenvalue weighted by Crippen LogP contribution is -2.26. The summed E-state index contributed by atoms with van der Waals surface area (Å²) in [5.74, 6) is -2.14. The van der Waals surface area contributed by atoms with Crippen LogP contribution >= 0.6 is 27.7 Å². The molecule has 0 fully saturated rings. The fraction of sp³-hybridized carbons (Fsp3) is 0.273. The molecule has 9 heteroatoms. The van der Waals surface area contributed by atoms with Crippen molar-refractivity contribution in [2.24, 2.45) is 0 Å². The third-order valence-corrected chi connectivity index (χ3v) is 3.25. The van der Waals surface area contributed by atoms with Gasteiger partial charge in [-0.3, -0.25) is 4.79 Å². The van der Waals surface area contributed by atoms with Gasteiger partial charge in [-0.1, -0.05) is 15.9 Å². The lowest BCUT2D eigenvalue weighted by atomic mass is 10.1. The van der Waals surface area contributed by atoms with E-state index in [9.17, 15) is 22.8 Å². The van der Waals surface area contributed by atoms with Crippen LogP contribution in [0.1, 0.15) is 20.7 Å². The predicted molar refractivity (Wildman–Crippen MR) is 71.9 cm³/mol. The third-order valence-electron chi connectivity index (χ3n) is 2.06. The van der Waals surface area contributed by atoms with Crippen LogP contribution in [0.3, 0.4) is 0 Å². The van der Waals surface area contributed by atoms with Gasteiger partial charge in [-0.2, -0.15) is 13.2 Å². The number of aromatic carboxylic acids is 1. The van der Waals surface area contributed by atoms with E-state index >= 15 is 0 Å². The Bertz CT molecular complexity index is 522. The van der Waals surface area contributed by atoms with Crippen molar-refractivity contribution in [2.75, 3.05) is 12.3 Å². The molecular formula is C11H9BrF3NO3S. The van der Waals surface area contributed by atoms with Crippen molar-refractivity contribution in [3.8, 4) is 0 Å². The molecule has 1 aromatic rings. The molecule has 0 aromatic heterocycles. The van der Waals surface area contributed by atoms with E-state index < -0.39 is 17.4 Å². The second-order valence-electron chi connectivity index (χ2n) is 3.58. The van der Waals surface area contributed by atoms with Crippen LogP contribution in [0, 0.1) is 0 Å². The molecule has 0 saturated carbocycles. The molecule has 0 aliphatic heterocycles. The maximum Gasteiger partial charge on any atom is 0.441 e. The number of carboxylic acid groups (broad SMARTS) is 1. The molecule has 0 heterocycles. The van der Waals surface area contributed by atoms with Crippen LogP contribution in [0.15, 0.2) is 22.7 Å². The predicted octanol–water partition coefficient (Wildman–Crippen LogP) is 3.13. The van der Waals surface area contributed by atoms with Gasteiger partial charge in [0.15, 0.2) is 0 Å². The number of carboxylic acids is 1. The summed E-state index contributed by atoms with van der Waals surface area (Å²) in [6.07, 6.45) is 0. The minimum absolute atomic E-state index is 0.0637. The summed E-state index contributed by atoms with van der Waals surface area (Å²) in [6.45, 7) is -0.169. The summed E-state index contributed by atoms with van der Waals surface area (Å²) in [4.78, 5) is 22.5. The molecule has 0 aliphatic carbocycles. The maximum absolute atomic E-state index is 11.9. The number of hydrogen-bond donors (Lipinski definition) is 2. The number of nitrogens with one attached hydrogen (secondary N) is 1. The average Bonchev–Trinajstić information content (AvgIpc) is 2.32. The zero-order chi connectivity index (χ0) is 15.3. The zero-order valence-corrected chi connectivity index (χ0v) is 12.2. The van der Waals surface area contributed by atoms with Gasteiger partial charge in [-0.05, 0) is 30.0 Å². The van der Waals surface area contributed by atoms with Gasteiger partial charge in [-0.25, -0.2) is 4.79 Å². The number of halogens is 4. The monoisotopic (exact) mass is 371 g/mol. The smallest absolute Gasteiger partial charge is 0.441 e. The highest BCUT2D eigenvalue weighted by atomic mass is 79.9. The minimum Gasteiger partial charge on any atom is -0.478 e. The van der Waals surface area contributed by atoms with Gasteiger partial charge in [-0.15, -0.1) is 0 Å². The molecule has 0 aliphatic rings. The number of alkyl halides is 3. The number of carbonyl (C=O) groups is 2. The van der Waals surface area contributed by atoms with E-state index in [0.717, 1.165) is 6.07 Å². The van der Waals surface area contributed by atoms with Crippen LogP contribution in [-0.4, -0.2) is 34.8 Å². The molecule has 0 atom stereocenters. The second-order valence-corrected chi connectivity index (χ2v) is 5.66. The van der Waals surface area contributed by atoms with Gasteiger partial charge < -0.3 is 10.4 Å². The lowest BCUT2D eigenvalue weighted by molar-refractivity contribution is -0.0327. The molecule has 0 saturated heterocycles. The van der Waals surface area contributed by atoms with E-state index in [1.165, 1.54) is 12.1 Å². The SMILES string of the molecule is O=C(O)c1cc(Br)cc(C(=O)NCCSC(F)(F)F)c1.